The van der Waals surface area contributed by atoms with Crippen molar-refractivity contribution in [3.05, 3.63) is 0 Å². The Bertz CT molecular complexity index is 159. The van der Waals surface area contributed by atoms with Crippen LogP contribution in [-0.4, -0.2) is 0 Å². The van der Waals surface area contributed by atoms with Gasteiger partial charge in [0.05, 0.1) is 0 Å². The molecule has 1 aliphatic carbocycles. The molecular formula is C13H26. The molecule has 0 amide bonds. The Morgan fingerprint density at radius 3 is 2.31 bits per heavy atom. The van der Waals surface area contributed by atoms with Gasteiger partial charge in [0.15, 0.2) is 0 Å². The van der Waals surface area contributed by atoms with Crippen molar-refractivity contribution < 1.29 is 0 Å². The van der Waals surface area contributed by atoms with Crippen molar-refractivity contribution in [2.75, 3.05) is 0 Å². The zero-order valence-corrected chi connectivity index (χ0v) is 10.1. The Hall–Kier alpha value is 0. The molecule has 78 valence electrons. The summed E-state index contributed by atoms with van der Waals surface area (Å²) in [6.45, 7) is 11.9. The molecule has 1 fully saturated rings. The molecule has 0 aromatic carbocycles. The summed E-state index contributed by atoms with van der Waals surface area (Å²) in [5, 5.41) is 0. The summed E-state index contributed by atoms with van der Waals surface area (Å²) >= 11 is 0. The van der Waals surface area contributed by atoms with Crippen molar-refractivity contribution in [1.29, 1.82) is 0 Å². The predicted octanol–water partition coefficient (Wildman–Crippen LogP) is 4.49. The fraction of sp³-hybridized carbons (Fsp3) is 1.00. The molecule has 0 radical (unpaired) electrons. The smallest absolute Gasteiger partial charge is 0.0271 e. The molecule has 13 heavy (non-hydrogen) atoms. The van der Waals surface area contributed by atoms with E-state index in [0.29, 0.717) is 5.41 Å². The monoisotopic (exact) mass is 182 g/mol. The lowest BCUT2D eigenvalue weighted by molar-refractivity contribution is 0.323. The summed E-state index contributed by atoms with van der Waals surface area (Å²) in [5.41, 5.74) is 0.696. The van der Waals surface area contributed by atoms with E-state index in [9.17, 15) is 0 Å². The molecule has 0 spiro atoms. The van der Waals surface area contributed by atoms with E-state index in [0.717, 1.165) is 17.8 Å². The number of hydrogen-bond donors (Lipinski definition) is 0. The highest BCUT2D eigenvalue weighted by Gasteiger charge is 2.51. The van der Waals surface area contributed by atoms with Crippen LogP contribution in [0, 0.1) is 23.2 Å². The topological polar surface area (TPSA) is 0 Å². The first-order valence-electron chi connectivity index (χ1n) is 6.00. The van der Waals surface area contributed by atoms with Gasteiger partial charge in [-0.1, -0.05) is 47.5 Å². The first-order valence-corrected chi connectivity index (χ1v) is 6.00. The van der Waals surface area contributed by atoms with Crippen LogP contribution in [-0.2, 0) is 0 Å². The third kappa shape index (κ3) is 2.48. The second-order valence-corrected chi connectivity index (χ2v) is 5.69. The summed E-state index contributed by atoms with van der Waals surface area (Å²) in [6.07, 6.45) is 5.73. The molecule has 0 saturated heterocycles. The van der Waals surface area contributed by atoms with Crippen LogP contribution in [0.15, 0.2) is 0 Å². The molecule has 3 atom stereocenters. The molecule has 3 unspecified atom stereocenters. The van der Waals surface area contributed by atoms with Gasteiger partial charge in [0.1, 0.15) is 0 Å². The van der Waals surface area contributed by atoms with E-state index in [2.05, 4.69) is 34.6 Å². The van der Waals surface area contributed by atoms with Crippen LogP contribution in [0.1, 0.15) is 60.3 Å². The standard InChI is InChI=1S/C13H26/c1-6-7-11(4)8-12-9-13(12,5)10(2)3/h10-12H,6-9H2,1-5H3. The van der Waals surface area contributed by atoms with Crippen LogP contribution in [0.4, 0.5) is 0 Å². The minimum atomic E-state index is 0.696. The van der Waals surface area contributed by atoms with Crippen LogP contribution >= 0.6 is 0 Å². The Labute approximate surface area is 84.1 Å². The van der Waals surface area contributed by atoms with Gasteiger partial charge in [0.2, 0.25) is 0 Å². The largest absolute Gasteiger partial charge is 0.0654 e. The average Bonchev–Trinajstić information content (AvgIpc) is 2.63. The van der Waals surface area contributed by atoms with E-state index >= 15 is 0 Å². The molecule has 0 N–H and O–H groups in total. The fourth-order valence-corrected chi connectivity index (χ4v) is 2.63. The SMILES string of the molecule is CCCC(C)CC1CC1(C)C(C)C. The summed E-state index contributed by atoms with van der Waals surface area (Å²) in [6, 6.07) is 0. The molecule has 1 saturated carbocycles. The summed E-state index contributed by atoms with van der Waals surface area (Å²) in [7, 11) is 0. The zero-order chi connectivity index (χ0) is 10.1. The van der Waals surface area contributed by atoms with Gasteiger partial charge in [-0.2, -0.15) is 0 Å². The van der Waals surface area contributed by atoms with E-state index in [1.165, 1.54) is 25.7 Å². The third-order valence-electron chi connectivity index (χ3n) is 4.25. The van der Waals surface area contributed by atoms with Gasteiger partial charge < -0.3 is 0 Å². The van der Waals surface area contributed by atoms with Crippen LogP contribution < -0.4 is 0 Å². The van der Waals surface area contributed by atoms with Crippen molar-refractivity contribution in [3.8, 4) is 0 Å². The fourth-order valence-electron chi connectivity index (χ4n) is 2.63. The van der Waals surface area contributed by atoms with Crippen molar-refractivity contribution >= 4 is 0 Å². The second-order valence-electron chi connectivity index (χ2n) is 5.69. The Balaban J connectivity index is 2.27. The number of hydrogen-bond acceptors (Lipinski definition) is 0. The highest BCUT2D eigenvalue weighted by atomic mass is 14.6. The first-order chi connectivity index (χ1) is 6.00. The van der Waals surface area contributed by atoms with E-state index in [-0.39, 0.29) is 0 Å². The molecule has 1 aliphatic rings. The molecule has 0 aliphatic heterocycles. The Morgan fingerprint density at radius 2 is 1.92 bits per heavy atom. The highest BCUT2D eigenvalue weighted by Crippen LogP contribution is 2.60. The molecule has 0 nitrogen and oxygen atoms in total. The Morgan fingerprint density at radius 1 is 1.31 bits per heavy atom. The summed E-state index contributed by atoms with van der Waals surface area (Å²) in [4.78, 5) is 0. The molecule has 1 rings (SSSR count). The van der Waals surface area contributed by atoms with Gasteiger partial charge in [-0.3, -0.25) is 0 Å². The number of rotatable bonds is 5. The maximum atomic E-state index is 2.47. The lowest BCUT2D eigenvalue weighted by atomic mass is 9.88. The molecular weight excluding hydrogens is 156 g/mol. The van der Waals surface area contributed by atoms with Crippen molar-refractivity contribution in [1.82, 2.24) is 0 Å². The van der Waals surface area contributed by atoms with Crippen molar-refractivity contribution in [2.45, 2.75) is 60.3 Å². The lowest BCUT2D eigenvalue weighted by Gasteiger charge is -2.17. The summed E-state index contributed by atoms with van der Waals surface area (Å²) < 4.78 is 0. The molecule has 0 heteroatoms. The van der Waals surface area contributed by atoms with E-state index in [1.807, 2.05) is 0 Å². The minimum absolute atomic E-state index is 0.696. The molecule has 0 aromatic heterocycles. The average molecular weight is 182 g/mol. The third-order valence-corrected chi connectivity index (χ3v) is 4.25. The van der Waals surface area contributed by atoms with E-state index in [1.54, 1.807) is 0 Å². The van der Waals surface area contributed by atoms with Gasteiger partial charge in [-0.25, -0.2) is 0 Å². The molecule has 0 bridgehead atoms. The van der Waals surface area contributed by atoms with E-state index < -0.39 is 0 Å². The van der Waals surface area contributed by atoms with Crippen molar-refractivity contribution in [3.63, 3.8) is 0 Å². The maximum absolute atomic E-state index is 2.47. The van der Waals surface area contributed by atoms with E-state index in [4.69, 9.17) is 0 Å². The van der Waals surface area contributed by atoms with Gasteiger partial charge in [-0.05, 0) is 36.0 Å². The van der Waals surface area contributed by atoms with Gasteiger partial charge in [0.25, 0.3) is 0 Å². The van der Waals surface area contributed by atoms with Gasteiger partial charge in [0, 0.05) is 0 Å². The Kier molecular flexibility index (Phi) is 3.43. The van der Waals surface area contributed by atoms with Crippen LogP contribution in [0.3, 0.4) is 0 Å². The van der Waals surface area contributed by atoms with Crippen LogP contribution in [0.2, 0.25) is 0 Å². The quantitative estimate of drug-likeness (QED) is 0.587. The first kappa shape index (κ1) is 11.1. The van der Waals surface area contributed by atoms with Crippen molar-refractivity contribution in [2.24, 2.45) is 23.2 Å². The maximum Gasteiger partial charge on any atom is -0.0271 e. The molecule has 0 aromatic rings. The zero-order valence-electron chi connectivity index (χ0n) is 10.1. The lowest BCUT2D eigenvalue weighted by Crippen LogP contribution is -2.09. The van der Waals surface area contributed by atoms with Gasteiger partial charge >= 0.3 is 0 Å². The van der Waals surface area contributed by atoms with Crippen LogP contribution in [0.25, 0.3) is 0 Å². The highest BCUT2D eigenvalue weighted by molar-refractivity contribution is 5.00. The second kappa shape index (κ2) is 4.02. The summed E-state index contributed by atoms with van der Waals surface area (Å²) in [5.74, 6) is 2.87. The van der Waals surface area contributed by atoms with Gasteiger partial charge in [-0.15, -0.1) is 0 Å². The molecule has 0 heterocycles. The minimum Gasteiger partial charge on any atom is -0.0654 e. The normalized spacial score (nSPS) is 35.1. The van der Waals surface area contributed by atoms with Crippen LogP contribution in [0.5, 0.6) is 0 Å². The predicted molar refractivity (Wildman–Crippen MR) is 59.7 cm³/mol.